The van der Waals surface area contributed by atoms with Crippen LogP contribution in [0.1, 0.15) is 54.6 Å². The van der Waals surface area contributed by atoms with E-state index in [-0.39, 0.29) is 5.56 Å². The molecule has 2 aromatic carbocycles. The molecule has 1 aliphatic carbocycles. The lowest BCUT2D eigenvalue weighted by Gasteiger charge is -2.26. The number of hydrogen-bond donors (Lipinski definition) is 1. The van der Waals surface area contributed by atoms with E-state index in [0.717, 1.165) is 53.9 Å². The molecule has 1 heterocycles. The number of hydrogen-bond acceptors (Lipinski definition) is 3. The third-order valence-electron chi connectivity index (χ3n) is 5.93. The Morgan fingerprint density at radius 2 is 1.81 bits per heavy atom. The predicted octanol–water partition coefficient (Wildman–Crippen LogP) is 6.07. The number of nitrogens with one attached hydrogen (secondary N) is 1. The Hall–Kier alpha value is -3.03. The van der Waals surface area contributed by atoms with Crippen molar-refractivity contribution < 1.29 is 22.7 Å². The van der Waals surface area contributed by atoms with Crippen LogP contribution in [0.3, 0.4) is 0 Å². The van der Waals surface area contributed by atoms with Gasteiger partial charge in [0.15, 0.2) is 0 Å². The summed E-state index contributed by atoms with van der Waals surface area (Å²) in [4.78, 5) is 12.6. The van der Waals surface area contributed by atoms with Crippen LogP contribution in [-0.2, 0) is 6.18 Å². The number of amides is 1. The van der Waals surface area contributed by atoms with Crippen LogP contribution in [0.5, 0.6) is 5.75 Å². The number of carbonyl (C=O) groups excluding carboxylic acids is 1. The SMILES string of the molecule is COc1cc2nn([C@H]3CC[C@H](C)CC3)cc2cc1NC(=O)c1ccc(C(F)(F)F)cc1. The second kappa shape index (κ2) is 8.24. The molecule has 0 unspecified atom stereocenters. The van der Waals surface area contributed by atoms with Crippen molar-refractivity contribution in [3.05, 3.63) is 53.7 Å². The summed E-state index contributed by atoms with van der Waals surface area (Å²) < 4.78 is 45.6. The Morgan fingerprint density at radius 1 is 1.13 bits per heavy atom. The first-order chi connectivity index (χ1) is 14.7. The second-order valence-electron chi connectivity index (χ2n) is 8.16. The summed E-state index contributed by atoms with van der Waals surface area (Å²) in [5.74, 6) is 0.670. The van der Waals surface area contributed by atoms with Crippen LogP contribution < -0.4 is 10.1 Å². The van der Waals surface area contributed by atoms with Crippen molar-refractivity contribution in [2.24, 2.45) is 5.92 Å². The average Bonchev–Trinajstić information content (AvgIpc) is 3.16. The molecule has 3 aromatic rings. The van der Waals surface area contributed by atoms with Gasteiger partial charge in [-0.25, -0.2) is 0 Å². The normalized spacial score (nSPS) is 19.4. The summed E-state index contributed by atoms with van der Waals surface area (Å²) in [6.45, 7) is 2.27. The van der Waals surface area contributed by atoms with Gasteiger partial charge in [-0.15, -0.1) is 0 Å². The number of rotatable bonds is 4. The molecule has 1 aliphatic rings. The van der Waals surface area contributed by atoms with E-state index in [0.29, 0.717) is 17.5 Å². The van der Waals surface area contributed by atoms with E-state index < -0.39 is 17.6 Å². The van der Waals surface area contributed by atoms with Gasteiger partial charge in [0, 0.05) is 23.2 Å². The van der Waals surface area contributed by atoms with Crippen LogP contribution in [0, 0.1) is 5.92 Å². The zero-order valence-electron chi connectivity index (χ0n) is 17.4. The highest BCUT2D eigenvalue weighted by Crippen LogP contribution is 2.35. The summed E-state index contributed by atoms with van der Waals surface area (Å²) in [6.07, 6.45) is 2.06. The Morgan fingerprint density at radius 3 is 2.42 bits per heavy atom. The first kappa shape index (κ1) is 21.2. The van der Waals surface area contributed by atoms with Gasteiger partial charge in [-0.2, -0.15) is 18.3 Å². The summed E-state index contributed by atoms with van der Waals surface area (Å²) >= 11 is 0. The molecule has 1 aromatic heterocycles. The molecule has 31 heavy (non-hydrogen) atoms. The van der Waals surface area contributed by atoms with Gasteiger partial charge in [-0.05, 0) is 61.9 Å². The van der Waals surface area contributed by atoms with Crippen LogP contribution in [0.2, 0.25) is 0 Å². The van der Waals surface area contributed by atoms with Gasteiger partial charge in [-0.1, -0.05) is 6.92 Å². The minimum atomic E-state index is -4.44. The fourth-order valence-electron chi connectivity index (χ4n) is 4.04. The lowest BCUT2D eigenvalue weighted by atomic mass is 9.87. The van der Waals surface area contributed by atoms with Crippen molar-refractivity contribution in [2.75, 3.05) is 12.4 Å². The van der Waals surface area contributed by atoms with Gasteiger partial charge in [-0.3, -0.25) is 9.48 Å². The van der Waals surface area contributed by atoms with Gasteiger partial charge < -0.3 is 10.1 Å². The highest BCUT2D eigenvalue weighted by atomic mass is 19.4. The third-order valence-corrected chi connectivity index (χ3v) is 5.93. The molecular formula is C23H24F3N3O2. The Kier molecular flexibility index (Phi) is 5.64. The molecule has 0 radical (unpaired) electrons. The third kappa shape index (κ3) is 4.52. The van der Waals surface area contributed by atoms with Crippen molar-refractivity contribution in [3.8, 4) is 5.75 Å². The molecule has 8 heteroatoms. The fourth-order valence-corrected chi connectivity index (χ4v) is 4.04. The standard InChI is InChI=1S/C23H24F3N3O2/c1-14-3-9-18(10-4-14)29-13-16-11-20(21(31-2)12-19(16)28-29)27-22(30)15-5-7-17(8-6-15)23(24,25)26/h5-8,11-14,18H,3-4,9-10H2,1-2H3,(H,27,30)/t14-,18-. The lowest BCUT2D eigenvalue weighted by Crippen LogP contribution is -2.16. The molecule has 0 aliphatic heterocycles. The Labute approximate surface area is 178 Å². The second-order valence-corrected chi connectivity index (χ2v) is 8.16. The predicted molar refractivity (Wildman–Crippen MR) is 112 cm³/mol. The molecule has 0 atom stereocenters. The van der Waals surface area contributed by atoms with Crippen molar-refractivity contribution >= 4 is 22.5 Å². The van der Waals surface area contributed by atoms with Crippen LogP contribution in [0.4, 0.5) is 18.9 Å². The first-order valence-electron chi connectivity index (χ1n) is 10.3. The van der Waals surface area contributed by atoms with E-state index in [9.17, 15) is 18.0 Å². The maximum absolute atomic E-state index is 12.7. The first-order valence-corrected chi connectivity index (χ1v) is 10.3. The topological polar surface area (TPSA) is 56.1 Å². The van der Waals surface area contributed by atoms with Gasteiger partial charge >= 0.3 is 6.18 Å². The molecule has 1 saturated carbocycles. The zero-order valence-corrected chi connectivity index (χ0v) is 17.4. The molecule has 1 amide bonds. The van der Waals surface area contributed by atoms with Crippen LogP contribution in [-0.4, -0.2) is 22.8 Å². The van der Waals surface area contributed by atoms with E-state index in [1.165, 1.54) is 20.0 Å². The van der Waals surface area contributed by atoms with E-state index >= 15 is 0 Å². The smallest absolute Gasteiger partial charge is 0.416 e. The summed E-state index contributed by atoms with van der Waals surface area (Å²) in [6, 6.07) is 8.01. The van der Waals surface area contributed by atoms with E-state index in [4.69, 9.17) is 9.84 Å². The Bertz CT molecular complexity index is 1080. The maximum atomic E-state index is 12.7. The fraction of sp³-hybridized carbons (Fsp3) is 0.391. The quantitative estimate of drug-likeness (QED) is 0.546. The summed E-state index contributed by atoms with van der Waals surface area (Å²) in [5.41, 5.74) is 0.537. The van der Waals surface area contributed by atoms with E-state index in [1.807, 2.05) is 10.9 Å². The Balaban J connectivity index is 1.57. The number of aromatic nitrogens is 2. The number of nitrogens with zero attached hydrogens (tertiary/aromatic N) is 2. The van der Waals surface area contributed by atoms with Crippen LogP contribution >= 0.6 is 0 Å². The minimum Gasteiger partial charge on any atom is -0.494 e. The largest absolute Gasteiger partial charge is 0.494 e. The number of fused-ring (bicyclic) bond motifs is 1. The average molecular weight is 431 g/mol. The molecule has 1 N–H and O–H groups in total. The number of carbonyl (C=O) groups is 1. The zero-order chi connectivity index (χ0) is 22.2. The molecule has 1 fully saturated rings. The number of anilines is 1. The van der Waals surface area contributed by atoms with Crippen molar-refractivity contribution in [3.63, 3.8) is 0 Å². The molecule has 0 spiro atoms. The molecule has 0 bridgehead atoms. The van der Waals surface area contributed by atoms with Crippen LogP contribution in [0.15, 0.2) is 42.6 Å². The molecular weight excluding hydrogens is 407 g/mol. The van der Waals surface area contributed by atoms with Gasteiger partial charge in [0.1, 0.15) is 5.75 Å². The molecule has 5 nitrogen and oxygen atoms in total. The highest BCUT2D eigenvalue weighted by molar-refractivity contribution is 6.06. The van der Waals surface area contributed by atoms with Gasteiger partial charge in [0.05, 0.1) is 29.9 Å². The minimum absolute atomic E-state index is 0.127. The van der Waals surface area contributed by atoms with E-state index in [2.05, 4.69) is 12.2 Å². The highest BCUT2D eigenvalue weighted by Gasteiger charge is 2.30. The summed E-state index contributed by atoms with van der Waals surface area (Å²) in [5, 5.41) is 8.30. The summed E-state index contributed by atoms with van der Waals surface area (Å²) in [7, 11) is 1.49. The molecule has 4 rings (SSSR count). The number of methoxy groups -OCH3 is 1. The molecule has 164 valence electrons. The molecule has 0 saturated heterocycles. The van der Waals surface area contributed by atoms with Gasteiger partial charge in [0.2, 0.25) is 0 Å². The van der Waals surface area contributed by atoms with E-state index in [1.54, 1.807) is 12.1 Å². The number of halogens is 3. The van der Waals surface area contributed by atoms with Crippen molar-refractivity contribution in [1.29, 1.82) is 0 Å². The lowest BCUT2D eigenvalue weighted by molar-refractivity contribution is -0.137. The maximum Gasteiger partial charge on any atom is 0.416 e. The monoisotopic (exact) mass is 431 g/mol. The van der Waals surface area contributed by atoms with Gasteiger partial charge in [0.25, 0.3) is 5.91 Å². The number of alkyl halides is 3. The number of ether oxygens (including phenoxy) is 1. The van der Waals surface area contributed by atoms with Crippen LogP contribution in [0.25, 0.3) is 10.9 Å². The number of benzene rings is 2. The van der Waals surface area contributed by atoms with Crippen molar-refractivity contribution in [1.82, 2.24) is 9.78 Å². The van der Waals surface area contributed by atoms with Crippen molar-refractivity contribution in [2.45, 2.75) is 44.8 Å².